The van der Waals surface area contributed by atoms with Crippen LogP contribution < -0.4 is 0 Å². The Kier molecular flexibility index (Phi) is 19.3. The van der Waals surface area contributed by atoms with Crippen LogP contribution >= 0.6 is 0 Å². The number of para-hydroxylation sites is 1. The van der Waals surface area contributed by atoms with Crippen molar-refractivity contribution in [2.24, 2.45) is 0 Å². The van der Waals surface area contributed by atoms with Crippen molar-refractivity contribution in [3.63, 3.8) is 0 Å². The number of ketones is 1. The highest BCUT2D eigenvalue weighted by molar-refractivity contribution is 6.15. The largest absolute Gasteiger partial charge is 0.461 e. The minimum absolute atomic E-state index is 0.0839. The van der Waals surface area contributed by atoms with Crippen LogP contribution in [0.4, 0.5) is 0 Å². The second-order valence-electron chi connectivity index (χ2n) is 12.0. The van der Waals surface area contributed by atoms with Gasteiger partial charge in [-0.15, -0.1) is 0 Å². The molecule has 2 aromatic rings. The lowest BCUT2D eigenvalue weighted by molar-refractivity contribution is 0.0510. The normalized spacial score (nSPS) is 11.4. The topological polar surface area (TPSA) is 48.3 Å². The number of aromatic nitrogens is 1. The molecule has 1 aromatic carbocycles. The van der Waals surface area contributed by atoms with Crippen LogP contribution in [0.25, 0.3) is 10.9 Å². The van der Waals surface area contributed by atoms with Crippen molar-refractivity contribution in [2.45, 2.75) is 169 Å². The number of rotatable bonds is 26. The molecule has 0 N–H and O–H groups in total. The Morgan fingerprint density at radius 1 is 0.610 bits per heavy atom. The van der Waals surface area contributed by atoms with E-state index in [1.165, 1.54) is 109 Å². The third-order valence-corrected chi connectivity index (χ3v) is 8.46. The van der Waals surface area contributed by atoms with E-state index in [-0.39, 0.29) is 11.8 Å². The van der Waals surface area contributed by atoms with Gasteiger partial charge in [-0.05, 0) is 25.8 Å². The number of ether oxygens (including phenoxy) is 1. The van der Waals surface area contributed by atoms with Crippen molar-refractivity contribution in [2.75, 3.05) is 6.61 Å². The van der Waals surface area contributed by atoms with Crippen LogP contribution in [0.3, 0.4) is 0 Å². The van der Waals surface area contributed by atoms with E-state index in [1.54, 1.807) is 0 Å². The molecule has 0 amide bonds. The summed E-state index contributed by atoms with van der Waals surface area (Å²) in [5.41, 5.74) is 2.02. The second kappa shape index (κ2) is 22.5. The van der Waals surface area contributed by atoms with Gasteiger partial charge in [0.2, 0.25) is 0 Å². The first-order valence-electron chi connectivity index (χ1n) is 17.5. The number of carbonyl (C=O) groups is 2. The Balaban J connectivity index is 1.81. The maximum absolute atomic E-state index is 13.6. The number of Topliss-reactive ketones (excluding diaryl/α,β-unsaturated/α-hetero) is 1. The third kappa shape index (κ3) is 13.2. The highest BCUT2D eigenvalue weighted by Gasteiger charge is 2.27. The SMILES string of the molecule is CCCCCCCCCCCCCCCCCC(=O)c1c(C(=O)OCC)n(CCCCCCCC)c2ccccc12. The zero-order valence-corrected chi connectivity index (χ0v) is 27.0. The summed E-state index contributed by atoms with van der Waals surface area (Å²) >= 11 is 0. The van der Waals surface area contributed by atoms with Gasteiger partial charge in [0.25, 0.3) is 0 Å². The summed E-state index contributed by atoms with van der Waals surface area (Å²) in [7, 11) is 0. The number of aryl methyl sites for hydroxylation is 1. The van der Waals surface area contributed by atoms with Crippen LogP contribution in [0.2, 0.25) is 0 Å². The van der Waals surface area contributed by atoms with E-state index in [0.717, 1.165) is 43.1 Å². The number of benzene rings is 1. The number of esters is 1. The van der Waals surface area contributed by atoms with Gasteiger partial charge < -0.3 is 9.30 Å². The fraction of sp³-hybridized carbons (Fsp3) is 0.730. The molecule has 1 aromatic heterocycles. The van der Waals surface area contributed by atoms with Gasteiger partial charge in [-0.2, -0.15) is 0 Å². The van der Waals surface area contributed by atoms with Crippen LogP contribution in [0.5, 0.6) is 0 Å². The summed E-state index contributed by atoms with van der Waals surface area (Å²) in [5, 5.41) is 0.896. The van der Waals surface area contributed by atoms with Crippen LogP contribution in [0, 0.1) is 0 Å². The molecule has 4 heteroatoms. The molecule has 0 atom stereocenters. The Morgan fingerprint density at radius 2 is 1.07 bits per heavy atom. The molecule has 41 heavy (non-hydrogen) atoms. The average molecular weight is 568 g/mol. The zero-order chi connectivity index (χ0) is 29.5. The van der Waals surface area contributed by atoms with Gasteiger partial charge in [0, 0.05) is 23.9 Å². The van der Waals surface area contributed by atoms with Gasteiger partial charge >= 0.3 is 5.97 Å². The molecule has 0 spiro atoms. The number of hydrogen-bond donors (Lipinski definition) is 0. The van der Waals surface area contributed by atoms with Crippen molar-refractivity contribution in [1.82, 2.24) is 4.57 Å². The summed E-state index contributed by atoms with van der Waals surface area (Å²) in [6, 6.07) is 8.00. The Labute approximate surface area is 252 Å². The predicted octanol–water partition coefficient (Wildman–Crippen LogP) is 11.6. The van der Waals surface area contributed by atoms with E-state index in [0.29, 0.717) is 24.3 Å². The van der Waals surface area contributed by atoms with E-state index < -0.39 is 0 Å². The average Bonchev–Trinajstić information content (AvgIpc) is 3.31. The highest BCUT2D eigenvalue weighted by Crippen LogP contribution is 2.30. The zero-order valence-electron chi connectivity index (χ0n) is 27.0. The number of nitrogens with zero attached hydrogens (tertiary/aromatic N) is 1. The predicted molar refractivity (Wildman–Crippen MR) is 175 cm³/mol. The van der Waals surface area contributed by atoms with Crippen molar-refractivity contribution < 1.29 is 14.3 Å². The summed E-state index contributed by atoms with van der Waals surface area (Å²) in [6.45, 7) is 7.39. The molecule has 0 bridgehead atoms. The maximum Gasteiger partial charge on any atom is 0.355 e. The first-order valence-corrected chi connectivity index (χ1v) is 17.5. The first-order chi connectivity index (χ1) is 20.2. The molecular weight excluding hydrogens is 506 g/mol. The number of fused-ring (bicyclic) bond motifs is 1. The van der Waals surface area contributed by atoms with Gasteiger partial charge in [0.15, 0.2) is 5.78 Å². The molecule has 4 nitrogen and oxygen atoms in total. The Morgan fingerprint density at radius 3 is 1.59 bits per heavy atom. The molecule has 232 valence electrons. The van der Waals surface area contributed by atoms with Crippen molar-refractivity contribution in [1.29, 1.82) is 0 Å². The van der Waals surface area contributed by atoms with Crippen LogP contribution in [0.15, 0.2) is 24.3 Å². The van der Waals surface area contributed by atoms with Crippen molar-refractivity contribution >= 4 is 22.7 Å². The van der Waals surface area contributed by atoms with E-state index >= 15 is 0 Å². The lowest BCUT2D eigenvalue weighted by Crippen LogP contribution is -2.16. The third-order valence-electron chi connectivity index (χ3n) is 8.46. The smallest absolute Gasteiger partial charge is 0.355 e. The summed E-state index contributed by atoms with van der Waals surface area (Å²) < 4.78 is 7.53. The molecule has 0 aliphatic rings. The summed E-state index contributed by atoms with van der Waals surface area (Å²) in [6.07, 6.45) is 27.2. The van der Waals surface area contributed by atoms with E-state index in [9.17, 15) is 9.59 Å². The molecule has 0 saturated heterocycles. The number of carbonyl (C=O) groups excluding carboxylic acids is 2. The number of hydrogen-bond acceptors (Lipinski definition) is 3. The lowest BCUT2D eigenvalue weighted by atomic mass is 10.00. The molecule has 1 heterocycles. The van der Waals surface area contributed by atoms with E-state index in [4.69, 9.17) is 4.74 Å². The quantitative estimate of drug-likeness (QED) is 0.0645. The molecule has 0 radical (unpaired) electrons. The van der Waals surface area contributed by atoms with Crippen LogP contribution in [-0.2, 0) is 11.3 Å². The monoisotopic (exact) mass is 567 g/mol. The molecule has 2 rings (SSSR count). The Bertz CT molecular complexity index is 976. The minimum Gasteiger partial charge on any atom is -0.461 e. The molecule has 0 saturated carbocycles. The van der Waals surface area contributed by atoms with Crippen molar-refractivity contribution in [3.8, 4) is 0 Å². The minimum atomic E-state index is -0.366. The van der Waals surface area contributed by atoms with E-state index in [2.05, 4.69) is 18.4 Å². The fourth-order valence-electron chi connectivity index (χ4n) is 6.06. The van der Waals surface area contributed by atoms with E-state index in [1.807, 2.05) is 31.2 Å². The standard InChI is InChI=1S/C37H61NO3/c1-4-7-9-11-13-14-15-16-17-18-19-20-21-22-24-30-34(39)35-32-28-25-26-29-33(32)38(36(35)37(40)41-6-3)31-27-23-12-10-8-5-2/h25-26,28-29H,4-24,27,30-31H2,1-3H3. The first kappa shape index (κ1) is 35.1. The number of unbranched alkanes of at least 4 members (excludes halogenated alkanes) is 19. The lowest BCUT2D eigenvalue weighted by Gasteiger charge is -2.11. The van der Waals surface area contributed by atoms with Gasteiger partial charge in [-0.25, -0.2) is 4.79 Å². The van der Waals surface area contributed by atoms with Crippen LogP contribution in [0.1, 0.15) is 183 Å². The van der Waals surface area contributed by atoms with Gasteiger partial charge in [-0.3, -0.25) is 4.79 Å². The highest BCUT2D eigenvalue weighted by atomic mass is 16.5. The molecule has 0 aliphatic heterocycles. The molecular formula is C37H61NO3. The fourth-order valence-corrected chi connectivity index (χ4v) is 6.06. The van der Waals surface area contributed by atoms with Gasteiger partial charge in [0.05, 0.1) is 12.2 Å². The summed E-state index contributed by atoms with van der Waals surface area (Å²) in [4.78, 5) is 26.7. The van der Waals surface area contributed by atoms with Crippen LogP contribution in [-0.4, -0.2) is 22.9 Å². The molecule has 0 aliphatic carbocycles. The summed E-state index contributed by atoms with van der Waals surface area (Å²) in [5.74, 6) is -0.282. The van der Waals surface area contributed by atoms with Gasteiger partial charge in [-0.1, -0.05) is 154 Å². The van der Waals surface area contributed by atoms with Crippen molar-refractivity contribution in [3.05, 3.63) is 35.5 Å². The maximum atomic E-state index is 13.6. The second-order valence-corrected chi connectivity index (χ2v) is 12.0. The Hall–Kier alpha value is -2.10. The molecule has 0 unspecified atom stereocenters. The molecule has 0 fully saturated rings. The van der Waals surface area contributed by atoms with Gasteiger partial charge in [0.1, 0.15) is 5.69 Å².